The molecule has 0 aliphatic heterocycles. The fraction of sp³-hybridized carbons (Fsp3) is 0.385. The molecule has 0 unspecified atom stereocenters. The van der Waals surface area contributed by atoms with E-state index < -0.39 is 5.97 Å². The van der Waals surface area contributed by atoms with Crippen molar-refractivity contribution in [2.75, 3.05) is 0 Å². The van der Waals surface area contributed by atoms with Gasteiger partial charge in [-0.3, -0.25) is 4.79 Å². The number of rotatable bonds is 2. The van der Waals surface area contributed by atoms with Crippen LogP contribution >= 0.6 is 0 Å². The molecule has 0 spiro atoms. The molecule has 0 radical (unpaired) electrons. The molecule has 0 amide bonds. The number of benzene rings is 1. The first kappa shape index (κ1) is 17.7. The molecule has 0 aliphatic rings. The SMILES string of the molecule is C[C-](C)C.Cc1ccc(CC(=O)O)cc1.[Li+]. The molecule has 0 fully saturated rings. The second-order valence-corrected chi connectivity index (χ2v) is 4.06. The molecule has 1 N–H and O–H groups in total. The Hall–Kier alpha value is -0.713. The van der Waals surface area contributed by atoms with Crippen molar-refractivity contribution < 1.29 is 28.8 Å². The summed E-state index contributed by atoms with van der Waals surface area (Å²) in [7, 11) is 0. The smallest absolute Gasteiger partial charge is 0.481 e. The maximum absolute atomic E-state index is 10.3. The fourth-order valence-electron chi connectivity index (χ4n) is 0.881. The van der Waals surface area contributed by atoms with Crippen LogP contribution in [-0.2, 0) is 11.2 Å². The van der Waals surface area contributed by atoms with Crippen LogP contribution in [0.1, 0.15) is 31.9 Å². The normalized spacial score (nSPS) is 8.81. The number of hydrogen-bond donors (Lipinski definition) is 1. The van der Waals surface area contributed by atoms with E-state index in [1.54, 1.807) is 0 Å². The summed E-state index contributed by atoms with van der Waals surface area (Å²) in [6, 6.07) is 7.50. The topological polar surface area (TPSA) is 37.3 Å². The van der Waals surface area contributed by atoms with Crippen molar-refractivity contribution >= 4 is 5.97 Å². The molecule has 3 heteroatoms. The first-order valence-electron chi connectivity index (χ1n) is 4.96. The van der Waals surface area contributed by atoms with Gasteiger partial charge < -0.3 is 11.0 Å². The molecule has 0 heterocycles. The Morgan fingerprint density at radius 2 is 1.56 bits per heavy atom. The van der Waals surface area contributed by atoms with Crippen LogP contribution < -0.4 is 18.9 Å². The molecule has 84 valence electrons. The molecule has 0 bridgehead atoms. The zero-order valence-electron chi connectivity index (χ0n) is 10.9. The van der Waals surface area contributed by atoms with Gasteiger partial charge in [0.25, 0.3) is 0 Å². The predicted molar refractivity (Wildman–Crippen MR) is 62.8 cm³/mol. The van der Waals surface area contributed by atoms with Crippen molar-refractivity contribution in [2.45, 2.75) is 34.1 Å². The molecule has 1 rings (SSSR count). The Balaban J connectivity index is 0. The van der Waals surface area contributed by atoms with Crippen LogP contribution in [0.15, 0.2) is 24.3 Å². The van der Waals surface area contributed by atoms with E-state index in [2.05, 4.69) is 20.8 Å². The van der Waals surface area contributed by atoms with Gasteiger partial charge in [-0.05, 0) is 12.5 Å². The van der Waals surface area contributed by atoms with E-state index in [1.807, 2.05) is 31.2 Å². The second-order valence-electron chi connectivity index (χ2n) is 4.06. The molecule has 2 nitrogen and oxygen atoms in total. The van der Waals surface area contributed by atoms with Gasteiger partial charge in [-0.25, -0.2) is 0 Å². The summed E-state index contributed by atoms with van der Waals surface area (Å²) in [5.74, 6) is 0.633. The van der Waals surface area contributed by atoms with Crippen LogP contribution in [0.5, 0.6) is 0 Å². The largest absolute Gasteiger partial charge is 1.00 e. The first-order valence-corrected chi connectivity index (χ1v) is 4.96. The van der Waals surface area contributed by atoms with Crippen LogP contribution in [0.3, 0.4) is 0 Å². The fourth-order valence-corrected chi connectivity index (χ4v) is 0.881. The minimum absolute atomic E-state index is 0. The summed E-state index contributed by atoms with van der Waals surface area (Å²) in [4.78, 5) is 10.3. The van der Waals surface area contributed by atoms with Crippen LogP contribution in [0.25, 0.3) is 0 Å². The third-order valence-corrected chi connectivity index (χ3v) is 1.48. The van der Waals surface area contributed by atoms with Crippen molar-refractivity contribution in [2.24, 2.45) is 0 Å². The van der Waals surface area contributed by atoms with E-state index in [9.17, 15) is 4.79 Å². The van der Waals surface area contributed by atoms with E-state index in [1.165, 1.54) is 5.92 Å². The third-order valence-electron chi connectivity index (χ3n) is 1.48. The third kappa shape index (κ3) is 11.4. The minimum atomic E-state index is -0.783. The summed E-state index contributed by atoms with van der Waals surface area (Å²) in [5.41, 5.74) is 2.00. The standard InChI is InChI=1S/C9H10O2.C4H9.Li/c1-7-2-4-8(5-3-7)6-9(10)11;1-4(2)3;/h2-5H,6H2,1H3,(H,10,11);1-3H3;/q;-1;+1. The molecular formula is C13H19LiO2. The maximum Gasteiger partial charge on any atom is 1.00 e. The number of hydrogen-bond acceptors (Lipinski definition) is 1. The van der Waals surface area contributed by atoms with Gasteiger partial charge in [0.05, 0.1) is 6.42 Å². The van der Waals surface area contributed by atoms with Crippen molar-refractivity contribution in [3.05, 3.63) is 41.3 Å². The monoisotopic (exact) mass is 214 g/mol. The van der Waals surface area contributed by atoms with Crippen molar-refractivity contribution in [3.63, 3.8) is 0 Å². The van der Waals surface area contributed by atoms with Gasteiger partial charge in [0, 0.05) is 0 Å². The van der Waals surface area contributed by atoms with Crippen LogP contribution in [0.4, 0.5) is 0 Å². The molecule has 0 aromatic heterocycles. The molecule has 1 aromatic rings. The number of carboxylic acid groups (broad SMARTS) is 1. The molecule has 0 saturated heterocycles. The maximum atomic E-state index is 10.3. The summed E-state index contributed by atoms with van der Waals surface area (Å²) in [6.07, 6.45) is 0.111. The zero-order chi connectivity index (χ0) is 11.8. The van der Waals surface area contributed by atoms with Crippen LogP contribution in [0.2, 0.25) is 0 Å². The molecule has 0 aliphatic carbocycles. The Morgan fingerprint density at radius 1 is 1.19 bits per heavy atom. The Labute approximate surface area is 110 Å². The summed E-state index contributed by atoms with van der Waals surface area (Å²) >= 11 is 0. The van der Waals surface area contributed by atoms with E-state index in [-0.39, 0.29) is 25.3 Å². The van der Waals surface area contributed by atoms with Crippen LogP contribution in [-0.4, -0.2) is 11.1 Å². The zero-order valence-corrected chi connectivity index (χ0v) is 10.9. The number of carboxylic acids is 1. The van der Waals surface area contributed by atoms with Gasteiger partial charge in [-0.2, -0.15) is 20.8 Å². The first-order chi connectivity index (χ1) is 6.91. The summed E-state index contributed by atoms with van der Waals surface area (Å²) in [5, 5.41) is 8.44. The van der Waals surface area contributed by atoms with Gasteiger partial charge >= 0.3 is 24.8 Å². The molecule has 16 heavy (non-hydrogen) atoms. The van der Waals surface area contributed by atoms with Crippen LogP contribution in [0, 0.1) is 12.8 Å². The predicted octanol–water partition coefficient (Wildman–Crippen LogP) is 0.247. The molecule has 1 aromatic carbocycles. The van der Waals surface area contributed by atoms with E-state index in [0.717, 1.165) is 11.1 Å². The van der Waals surface area contributed by atoms with Gasteiger partial charge in [0.1, 0.15) is 0 Å². The van der Waals surface area contributed by atoms with Gasteiger partial charge in [0.2, 0.25) is 0 Å². The van der Waals surface area contributed by atoms with Gasteiger partial charge in [-0.1, -0.05) is 29.8 Å². The number of aryl methyl sites for hydroxylation is 1. The van der Waals surface area contributed by atoms with Gasteiger partial charge in [-0.15, -0.1) is 0 Å². The van der Waals surface area contributed by atoms with E-state index >= 15 is 0 Å². The number of carbonyl (C=O) groups is 1. The van der Waals surface area contributed by atoms with Crippen molar-refractivity contribution in [1.82, 2.24) is 0 Å². The molecule has 0 saturated carbocycles. The Morgan fingerprint density at radius 3 is 1.88 bits per heavy atom. The van der Waals surface area contributed by atoms with E-state index in [4.69, 9.17) is 5.11 Å². The minimum Gasteiger partial charge on any atom is -0.481 e. The number of aliphatic carboxylic acids is 1. The Kier molecular flexibility index (Phi) is 10.5. The van der Waals surface area contributed by atoms with Crippen molar-refractivity contribution in [3.8, 4) is 0 Å². The second kappa shape index (κ2) is 9.51. The van der Waals surface area contributed by atoms with Crippen molar-refractivity contribution in [1.29, 1.82) is 0 Å². The summed E-state index contributed by atoms with van der Waals surface area (Å²) < 4.78 is 0. The average Bonchev–Trinajstić information content (AvgIpc) is 2.07. The molecular weight excluding hydrogens is 195 g/mol. The van der Waals surface area contributed by atoms with Gasteiger partial charge in [0.15, 0.2) is 0 Å². The Bertz CT molecular complexity index is 289. The average molecular weight is 214 g/mol. The summed E-state index contributed by atoms with van der Waals surface area (Å²) in [6.45, 7) is 8.23. The quantitative estimate of drug-likeness (QED) is 0.566. The van der Waals surface area contributed by atoms with E-state index in [0.29, 0.717) is 0 Å². The molecule has 0 atom stereocenters.